The van der Waals surface area contributed by atoms with E-state index in [-0.39, 0.29) is 17.9 Å². The first-order chi connectivity index (χ1) is 7.50. The van der Waals surface area contributed by atoms with Gasteiger partial charge in [-0.15, -0.1) is 0 Å². The van der Waals surface area contributed by atoms with Crippen LogP contribution in [0.4, 0.5) is 0 Å². The third-order valence-corrected chi connectivity index (χ3v) is 3.65. The number of hydrogen-bond acceptors (Lipinski definition) is 2. The molecule has 1 rings (SSSR count). The maximum absolute atomic E-state index is 11.3. The fourth-order valence-corrected chi connectivity index (χ4v) is 2.51. The molecule has 0 heterocycles. The lowest BCUT2D eigenvalue weighted by Gasteiger charge is -2.25. The van der Waals surface area contributed by atoms with Gasteiger partial charge in [0.2, 0.25) is 5.91 Å². The summed E-state index contributed by atoms with van der Waals surface area (Å²) < 4.78 is 0. The average molecular weight is 226 g/mol. The monoisotopic (exact) mass is 226 g/mol. The highest BCUT2D eigenvalue weighted by Gasteiger charge is 2.24. The van der Waals surface area contributed by atoms with Gasteiger partial charge in [-0.2, -0.15) is 0 Å². The van der Waals surface area contributed by atoms with Crippen LogP contribution in [0.2, 0.25) is 0 Å². The van der Waals surface area contributed by atoms with Crippen molar-refractivity contribution in [3.8, 4) is 0 Å². The van der Waals surface area contributed by atoms with Gasteiger partial charge in [-0.3, -0.25) is 4.79 Å². The molecule has 1 fully saturated rings. The summed E-state index contributed by atoms with van der Waals surface area (Å²) in [6.45, 7) is 6.40. The van der Waals surface area contributed by atoms with Gasteiger partial charge in [-0.1, -0.05) is 33.6 Å². The lowest BCUT2D eigenvalue weighted by atomic mass is 10.00. The van der Waals surface area contributed by atoms with Crippen LogP contribution in [0.15, 0.2) is 0 Å². The Morgan fingerprint density at radius 1 is 1.25 bits per heavy atom. The van der Waals surface area contributed by atoms with Gasteiger partial charge in [0.1, 0.15) is 0 Å². The van der Waals surface area contributed by atoms with Gasteiger partial charge in [0.05, 0.1) is 6.04 Å². The third-order valence-electron chi connectivity index (χ3n) is 3.65. The smallest absolute Gasteiger partial charge is 0.234 e. The van der Waals surface area contributed by atoms with Crippen molar-refractivity contribution < 1.29 is 4.79 Å². The number of primary amides is 1. The quantitative estimate of drug-likeness (QED) is 0.721. The van der Waals surface area contributed by atoms with Crippen LogP contribution in [0.25, 0.3) is 0 Å². The number of rotatable bonds is 4. The molecule has 16 heavy (non-hydrogen) atoms. The molecule has 0 aromatic carbocycles. The van der Waals surface area contributed by atoms with Gasteiger partial charge in [0.25, 0.3) is 0 Å². The van der Waals surface area contributed by atoms with Crippen molar-refractivity contribution in [3.05, 3.63) is 0 Å². The first-order valence-corrected chi connectivity index (χ1v) is 6.56. The molecule has 1 aliphatic carbocycles. The first kappa shape index (κ1) is 13.5. The molecule has 1 saturated carbocycles. The molecular formula is C13H26N2O. The van der Waals surface area contributed by atoms with E-state index in [0.717, 1.165) is 5.92 Å². The van der Waals surface area contributed by atoms with Gasteiger partial charge in [0, 0.05) is 6.04 Å². The Bertz CT molecular complexity index is 228. The van der Waals surface area contributed by atoms with E-state index in [9.17, 15) is 4.79 Å². The zero-order valence-corrected chi connectivity index (χ0v) is 10.8. The SMILES string of the molecule is CC1CCCC(NC(C(N)=O)C(C)C)CC1. The molecular weight excluding hydrogens is 200 g/mol. The van der Waals surface area contributed by atoms with Gasteiger partial charge >= 0.3 is 0 Å². The Balaban J connectivity index is 2.47. The minimum atomic E-state index is -0.215. The lowest BCUT2D eigenvalue weighted by Crippen LogP contribution is -2.49. The van der Waals surface area contributed by atoms with Crippen molar-refractivity contribution >= 4 is 5.91 Å². The molecule has 94 valence electrons. The van der Waals surface area contributed by atoms with E-state index in [1.807, 2.05) is 13.8 Å². The second-order valence-electron chi connectivity index (χ2n) is 5.60. The summed E-state index contributed by atoms with van der Waals surface area (Å²) >= 11 is 0. The molecule has 1 amide bonds. The van der Waals surface area contributed by atoms with Crippen LogP contribution >= 0.6 is 0 Å². The number of amides is 1. The zero-order chi connectivity index (χ0) is 12.1. The Kier molecular flexibility index (Phi) is 5.26. The highest BCUT2D eigenvalue weighted by Crippen LogP contribution is 2.23. The van der Waals surface area contributed by atoms with E-state index in [1.54, 1.807) is 0 Å². The summed E-state index contributed by atoms with van der Waals surface area (Å²) in [5, 5.41) is 3.44. The summed E-state index contributed by atoms with van der Waals surface area (Å²) in [6.07, 6.45) is 6.21. The van der Waals surface area contributed by atoms with Crippen molar-refractivity contribution in [2.45, 2.75) is 65.0 Å². The van der Waals surface area contributed by atoms with Crippen molar-refractivity contribution in [3.63, 3.8) is 0 Å². The summed E-state index contributed by atoms with van der Waals surface area (Å²) in [5.74, 6) is 0.892. The Labute approximate surface area is 99.2 Å². The highest BCUT2D eigenvalue weighted by atomic mass is 16.1. The van der Waals surface area contributed by atoms with Crippen molar-refractivity contribution in [2.75, 3.05) is 0 Å². The van der Waals surface area contributed by atoms with E-state index >= 15 is 0 Å². The normalized spacial score (nSPS) is 28.8. The molecule has 0 bridgehead atoms. The van der Waals surface area contributed by atoms with Gasteiger partial charge in [0.15, 0.2) is 0 Å². The minimum Gasteiger partial charge on any atom is -0.368 e. The zero-order valence-electron chi connectivity index (χ0n) is 10.8. The number of carbonyl (C=O) groups is 1. The van der Waals surface area contributed by atoms with Crippen molar-refractivity contribution in [1.82, 2.24) is 5.32 Å². The van der Waals surface area contributed by atoms with Gasteiger partial charge in [-0.05, 0) is 31.1 Å². The molecule has 0 aromatic heterocycles. The summed E-state index contributed by atoms with van der Waals surface area (Å²) in [4.78, 5) is 11.3. The molecule has 0 aliphatic heterocycles. The molecule has 3 heteroatoms. The van der Waals surface area contributed by atoms with Crippen molar-refractivity contribution in [2.24, 2.45) is 17.6 Å². The Morgan fingerprint density at radius 2 is 1.94 bits per heavy atom. The van der Waals surface area contributed by atoms with Crippen LogP contribution in [0.5, 0.6) is 0 Å². The summed E-state index contributed by atoms with van der Waals surface area (Å²) in [6, 6.07) is 0.309. The number of hydrogen-bond donors (Lipinski definition) is 2. The second kappa shape index (κ2) is 6.24. The van der Waals surface area contributed by atoms with E-state index < -0.39 is 0 Å². The fraction of sp³-hybridized carbons (Fsp3) is 0.923. The Morgan fingerprint density at radius 3 is 2.50 bits per heavy atom. The van der Waals surface area contributed by atoms with E-state index in [2.05, 4.69) is 12.2 Å². The maximum Gasteiger partial charge on any atom is 0.234 e. The molecule has 0 radical (unpaired) electrons. The van der Waals surface area contributed by atoms with E-state index in [4.69, 9.17) is 5.73 Å². The third kappa shape index (κ3) is 4.12. The average Bonchev–Trinajstić information content (AvgIpc) is 2.38. The predicted molar refractivity (Wildman–Crippen MR) is 67.0 cm³/mol. The summed E-state index contributed by atoms with van der Waals surface area (Å²) in [7, 11) is 0. The fourth-order valence-electron chi connectivity index (χ4n) is 2.51. The number of carbonyl (C=O) groups excluding carboxylic acids is 1. The van der Waals surface area contributed by atoms with Crippen LogP contribution in [-0.4, -0.2) is 18.0 Å². The van der Waals surface area contributed by atoms with Crippen LogP contribution in [0.1, 0.15) is 52.9 Å². The largest absolute Gasteiger partial charge is 0.368 e. The van der Waals surface area contributed by atoms with E-state index in [0.29, 0.717) is 6.04 Å². The summed E-state index contributed by atoms with van der Waals surface area (Å²) in [5.41, 5.74) is 5.42. The lowest BCUT2D eigenvalue weighted by molar-refractivity contribution is -0.121. The predicted octanol–water partition coefficient (Wildman–Crippen LogP) is 2.05. The standard InChI is InChI=1S/C13H26N2O/c1-9(2)12(13(14)16)15-11-6-4-5-10(3)7-8-11/h9-12,15H,4-8H2,1-3H3,(H2,14,16). The molecule has 0 saturated heterocycles. The maximum atomic E-state index is 11.3. The first-order valence-electron chi connectivity index (χ1n) is 6.56. The Hall–Kier alpha value is -0.570. The molecule has 0 spiro atoms. The van der Waals surface area contributed by atoms with Crippen LogP contribution in [-0.2, 0) is 4.79 Å². The van der Waals surface area contributed by atoms with Gasteiger partial charge in [-0.25, -0.2) is 0 Å². The van der Waals surface area contributed by atoms with Crippen LogP contribution in [0.3, 0.4) is 0 Å². The second-order valence-corrected chi connectivity index (χ2v) is 5.60. The molecule has 3 nitrogen and oxygen atoms in total. The van der Waals surface area contributed by atoms with Crippen molar-refractivity contribution in [1.29, 1.82) is 0 Å². The molecule has 3 N–H and O–H groups in total. The molecule has 3 atom stereocenters. The van der Waals surface area contributed by atoms with Gasteiger partial charge < -0.3 is 11.1 Å². The van der Waals surface area contributed by atoms with Crippen LogP contribution < -0.4 is 11.1 Å². The number of nitrogens with one attached hydrogen (secondary N) is 1. The highest BCUT2D eigenvalue weighted by molar-refractivity contribution is 5.80. The molecule has 1 aliphatic rings. The molecule has 0 aromatic rings. The topological polar surface area (TPSA) is 55.1 Å². The van der Waals surface area contributed by atoms with Crippen LogP contribution in [0, 0.1) is 11.8 Å². The molecule has 3 unspecified atom stereocenters. The number of nitrogens with two attached hydrogens (primary N) is 1. The minimum absolute atomic E-state index is 0.168. The van der Waals surface area contributed by atoms with E-state index in [1.165, 1.54) is 32.1 Å².